The molecule has 0 radical (unpaired) electrons. The van der Waals surface area contributed by atoms with Gasteiger partial charge in [-0.2, -0.15) is 0 Å². The van der Waals surface area contributed by atoms with Gasteiger partial charge >= 0.3 is 5.97 Å². The third-order valence-corrected chi connectivity index (χ3v) is 4.25. The summed E-state index contributed by atoms with van der Waals surface area (Å²) in [6.07, 6.45) is 0.799. The molecule has 1 aliphatic rings. The Morgan fingerprint density at radius 2 is 1.96 bits per heavy atom. The highest BCUT2D eigenvalue weighted by Gasteiger charge is 2.27. The van der Waals surface area contributed by atoms with Gasteiger partial charge in [0.05, 0.1) is 17.4 Å². The monoisotopic (exact) mass is 349 g/mol. The average molecular weight is 349 g/mol. The topological polar surface area (TPSA) is 130 Å². The lowest BCUT2D eigenvalue weighted by Crippen LogP contribution is -2.45. The van der Waals surface area contributed by atoms with Crippen molar-refractivity contribution in [2.24, 2.45) is 5.92 Å². The zero-order chi connectivity index (χ0) is 18.6. The van der Waals surface area contributed by atoms with Gasteiger partial charge in [-0.3, -0.25) is 24.5 Å². The van der Waals surface area contributed by atoms with Crippen LogP contribution in [0.5, 0.6) is 0 Å². The number of rotatable bonds is 5. The van der Waals surface area contributed by atoms with Crippen molar-refractivity contribution in [3.05, 3.63) is 39.4 Å². The van der Waals surface area contributed by atoms with Crippen LogP contribution in [0, 0.1) is 23.0 Å². The minimum absolute atomic E-state index is 0.0751. The van der Waals surface area contributed by atoms with Crippen molar-refractivity contribution in [3.8, 4) is 0 Å². The fourth-order valence-corrected chi connectivity index (χ4v) is 2.75. The standard InChI is InChI=1S/C16H19N3O6/c1-10-8-12(2-3-13(10)19(24)25)15(21)17-9-14(20)18-6-4-11(5-7-18)16(22)23/h2-3,8,11H,4-7,9H2,1H3,(H,17,21)(H,22,23). The highest BCUT2D eigenvalue weighted by molar-refractivity contribution is 5.96. The lowest BCUT2D eigenvalue weighted by molar-refractivity contribution is -0.385. The molecule has 0 spiro atoms. The number of nitro benzene ring substituents is 1. The van der Waals surface area contributed by atoms with Gasteiger partial charge in [-0.25, -0.2) is 0 Å². The summed E-state index contributed by atoms with van der Waals surface area (Å²) in [6, 6.07) is 3.99. The van der Waals surface area contributed by atoms with E-state index in [1.807, 2.05) is 0 Å². The van der Waals surface area contributed by atoms with Crippen LogP contribution in [0.25, 0.3) is 0 Å². The molecule has 25 heavy (non-hydrogen) atoms. The van der Waals surface area contributed by atoms with Crippen LogP contribution in [0.1, 0.15) is 28.8 Å². The van der Waals surface area contributed by atoms with Gasteiger partial charge in [0.2, 0.25) is 5.91 Å². The Kier molecular flexibility index (Phi) is 5.68. The first-order valence-corrected chi connectivity index (χ1v) is 7.83. The minimum atomic E-state index is -0.853. The van der Waals surface area contributed by atoms with Gasteiger partial charge in [-0.1, -0.05) is 0 Å². The Morgan fingerprint density at radius 1 is 1.32 bits per heavy atom. The van der Waals surface area contributed by atoms with E-state index in [2.05, 4.69) is 5.32 Å². The Hall–Kier alpha value is -2.97. The van der Waals surface area contributed by atoms with Crippen molar-refractivity contribution in [3.63, 3.8) is 0 Å². The second-order valence-electron chi connectivity index (χ2n) is 5.93. The molecule has 1 saturated heterocycles. The predicted octanol–water partition coefficient (Wildman–Crippen LogP) is 0.956. The summed E-state index contributed by atoms with van der Waals surface area (Å²) >= 11 is 0. The number of nitro groups is 1. The maximum atomic E-state index is 12.1. The molecule has 2 N–H and O–H groups in total. The van der Waals surface area contributed by atoms with Gasteiger partial charge in [-0.05, 0) is 31.9 Å². The fraction of sp³-hybridized carbons (Fsp3) is 0.438. The van der Waals surface area contributed by atoms with Gasteiger partial charge < -0.3 is 15.3 Å². The Balaban J connectivity index is 1.88. The number of aliphatic carboxylic acids is 1. The molecular weight excluding hydrogens is 330 g/mol. The van der Waals surface area contributed by atoms with E-state index in [-0.39, 0.29) is 23.7 Å². The molecule has 2 rings (SSSR count). The van der Waals surface area contributed by atoms with Crippen LogP contribution in [0.3, 0.4) is 0 Å². The summed E-state index contributed by atoms with van der Waals surface area (Å²) in [5.74, 6) is -2.06. The van der Waals surface area contributed by atoms with Crippen molar-refractivity contribution in [1.29, 1.82) is 0 Å². The third-order valence-electron chi connectivity index (χ3n) is 4.25. The number of nitrogens with zero attached hydrogens (tertiary/aromatic N) is 2. The second-order valence-corrected chi connectivity index (χ2v) is 5.93. The molecule has 134 valence electrons. The van der Waals surface area contributed by atoms with E-state index in [1.54, 1.807) is 0 Å². The van der Waals surface area contributed by atoms with Gasteiger partial charge in [0, 0.05) is 30.3 Å². The number of hydrogen-bond acceptors (Lipinski definition) is 5. The highest BCUT2D eigenvalue weighted by Crippen LogP contribution is 2.19. The van der Waals surface area contributed by atoms with E-state index >= 15 is 0 Å². The lowest BCUT2D eigenvalue weighted by Gasteiger charge is -2.30. The van der Waals surface area contributed by atoms with Gasteiger partial charge in [0.25, 0.3) is 11.6 Å². The van der Waals surface area contributed by atoms with Crippen molar-refractivity contribution < 1.29 is 24.4 Å². The van der Waals surface area contributed by atoms with E-state index in [1.165, 1.54) is 30.0 Å². The number of carbonyl (C=O) groups is 3. The zero-order valence-electron chi connectivity index (χ0n) is 13.7. The number of carboxylic acid groups (broad SMARTS) is 1. The number of carbonyl (C=O) groups excluding carboxylic acids is 2. The van der Waals surface area contributed by atoms with Gasteiger partial charge in [0.15, 0.2) is 0 Å². The molecule has 0 aromatic heterocycles. The molecule has 9 heteroatoms. The molecule has 0 atom stereocenters. The second kappa shape index (κ2) is 7.73. The Morgan fingerprint density at radius 3 is 2.48 bits per heavy atom. The molecule has 2 amide bonds. The van der Waals surface area contributed by atoms with Gasteiger partial charge in [0.1, 0.15) is 0 Å². The maximum Gasteiger partial charge on any atom is 0.306 e. The van der Waals surface area contributed by atoms with Crippen LogP contribution in [0.4, 0.5) is 5.69 Å². The molecule has 0 bridgehead atoms. The molecule has 0 aliphatic carbocycles. The molecule has 0 unspecified atom stereocenters. The minimum Gasteiger partial charge on any atom is -0.481 e. The number of carboxylic acids is 1. The van der Waals surface area contributed by atoms with Crippen molar-refractivity contribution in [2.45, 2.75) is 19.8 Å². The summed E-state index contributed by atoms with van der Waals surface area (Å²) < 4.78 is 0. The largest absolute Gasteiger partial charge is 0.481 e. The number of hydrogen-bond donors (Lipinski definition) is 2. The molecule has 1 aromatic carbocycles. The van der Waals surface area contributed by atoms with E-state index < -0.39 is 22.7 Å². The Bertz CT molecular complexity index is 710. The normalized spacial score (nSPS) is 14.8. The van der Waals surface area contributed by atoms with E-state index in [4.69, 9.17) is 5.11 Å². The summed E-state index contributed by atoms with van der Waals surface area (Å²) in [5, 5.41) is 22.2. The average Bonchev–Trinajstić information content (AvgIpc) is 2.58. The molecule has 1 aliphatic heterocycles. The number of likely N-dealkylation sites (tertiary alicyclic amines) is 1. The maximum absolute atomic E-state index is 12.1. The van der Waals surface area contributed by atoms with E-state index in [0.29, 0.717) is 31.5 Å². The van der Waals surface area contributed by atoms with Crippen molar-refractivity contribution in [2.75, 3.05) is 19.6 Å². The van der Waals surface area contributed by atoms with Crippen LogP contribution in [-0.2, 0) is 9.59 Å². The number of nitrogens with one attached hydrogen (secondary N) is 1. The van der Waals surface area contributed by atoms with Crippen molar-refractivity contribution in [1.82, 2.24) is 10.2 Å². The van der Waals surface area contributed by atoms with Gasteiger partial charge in [-0.15, -0.1) is 0 Å². The number of benzene rings is 1. The molecule has 9 nitrogen and oxygen atoms in total. The number of aryl methyl sites for hydroxylation is 1. The number of amides is 2. The smallest absolute Gasteiger partial charge is 0.306 e. The van der Waals surface area contributed by atoms with E-state index in [0.717, 1.165) is 0 Å². The zero-order valence-corrected chi connectivity index (χ0v) is 13.7. The predicted molar refractivity (Wildman–Crippen MR) is 87.1 cm³/mol. The molecule has 1 fully saturated rings. The molecule has 1 heterocycles. The van der Waals surface area contributed by atoms with Crippen LogP contribution in [0.15, 0.2) is 18.2 Å². The first kappa shape index (κ1) is 18.4. The summed E-state index contributed by atoms with van der Waals surface area (Å²) in [4.78, 5) is 46.8. The summed E-state index contributed by atoms with van der Waals surface area (Å²) in [5.41, 5.74) is 0.522. The molecule has 1 aromatic rings. The molecule has 0 saturated carbocycles. The van der Waals surface area contributed by atoms with E-state index in [9.17, 15) is 24.5 Å². The fourth-order valence-electron chi connectivity index (χ4n) is 2.75. The summed E-state index contributed by atoms with van der Waals surface area (Å²) in [7, 11) is 0. The summed E-state index contributed by atoms with van der Waals surface area (Å²) in [6.45, 7) is 2.03. The highest BCUT2D eigenvalue weighted by atomic mass is 16.6. The SMILES string of the molecule is Cc1cc(C(=O)NCC(=O)N2CCC(C(=O)O)CC2)ccc1[N+](=O)[O-]. The van der Waals surface area contributed by atoms with Crippen LogP contribution >= 0.6 is 0 Å². The Labute approximate surface area is 143 Å². The third kappa shape index (κ3) is 4.52. The van der Waals surface area contributed by atoms with Crippen LogP contribution in [0.2, 0.25) is 0 Å². The quantitative estimate of drug-likeness (QED) is 0.601. The van der Waals surface area contributed by atoms with Crippen molar-refractivity contribution >= 4 is 23.5 Å². The first-order valence-electron chi connectivity index (χ1n) is 7.83. The first-order chi connectivity index (χ1) is 11.8. The molecular formula is C16H19N3O6. The van der Waals surface area contributed by atoms with Crippen LogP contribution < -0.4 is 5.32 Å². The lowest BCUT2D eigenvalue weighted by atomic mass is 9.97. The van der Waals surface area contributed by atoms with Crippen LogP contribution in [-0.4, -0.2) is 52.3 Å². The number of piperidine rings is 1.